The SMILES string of the molecule is CC(=O)Nc1ccccc1C(=O)Nc1cccc(C(=O)Nn2cnnc2)c1. The molecule has 0 aliphatic heterocycles. The number of hydrogen-bond donors (Lipinski definition) is 3. The molecule has 3 rings (SSSR count). The molecule has 2 aromatic carbocycles. The predicted molar refractivity (Wildman–Crippen MR) is 98.9 cm³/mol. The molecule has 27 heavy (non-hydrogen) atoms. The van der Waals surface area contributed by atoms with Gasteiger partial charge in [-0.25, -0.2) is 4.68 Å². The fourth-order valence-electron chi connectivity index (χ4n) is 2.36. The smallest absolute Gasteiger partial charge is 0.270 e. The van der Waals surface area contributed by atoms with Crippen molar-refractivity contribution in [2.24, 2.45) is 0 Å². The zero-order chi connectivity index (χ0) is 19.2. The minimum Gasteiger partial charge on any atom is -0.326 e. The van der Waals surface area contributed by atoms with Crippen molar-refractivity contribution in [1.29, 1.82) is 0 Å². The third kappa shape index (κ3) is 4.54. The van der Waals surface area contributed by atoms with E-state index in [1.807, 2.05) is 0 Å². The molecule has 1 aromatic heterocycles. The van der Waals surface area contributed by atoms with Gasteiger partial charge in [0, 0.05) is 18.2 Å². The number of nitrogens with one attached hydrogen (secondary N) is 3. The Morgan fingerprint density at radius 1 is 0.889 bits per heavy atom. The fourth-order valence-corrected chi connectivity index (χ4v) is 2.36. The third-order valence-electron chi connectivity index (χ3n) is 3.51. The highest BCUT2D eigenvalue weighted by Crippen LogP contribution is 2.18. The number of nitrogens with zero attached hydrogens (tertiary/aromatic N) is 3. The van der Waals surface area contributed by atoms with Crippen LogP contribution in [0.15, 0.2) is 61.2 Å². The summed E-state index contributed by atoms with van der Waals surface area (Å²) in [5.41, 5.74) is 4.08. The summed E-state index contributed by atoms with van der Waals surface area (Å²) in [6.07, 6.45) is 2.70. The molecular formula is C18H16N6O3. The molecule has 0 fully saturated rings. The van der Waals surface area contributed by atoms with Crippen LogP contribution in [-0.4, -0.2) is 32.6 Å². The summed E-state index contributed by atoms with van der Waals surface area (Å²) in [4.78, 5) is 36.1. The van der Waals surface area contributed by atoms with Crippen molar-refractivity contribution >= 4 is 29.1 Å². The van der Waals surface area contributed by atoms with Crippen LogP contribution in [0.25, 0.3) is 0 Å². The average molecular weight is 364 g/mol. The number of amides is 3. The first-order valence-electron chi connectivity index (χ1n) is 7.97. The highest BCUT2D eigenvalue weighted by atomic mass is 16.2. The van der Waals surface area contributed by atoms with Gasteiger partial charge in [0.1, 0.15) is 12.7 Å². The van der Waals surface area contributed by atoms with Gasteiger partial charge in [-0.15, -0.1) is 10.2 Å². The second kappa shape index (κ2) is 7.91. The Morgan fingerprint density at radius 2 is 1.63 bits per heavy atom. The topological polar surface area (TPSA) is 118 Å². The van der Waals surface area contributed by atoms with Crippen molar-refractivity contribution in [3.8, 4) is 0 Å². The van der Waals surface area contributed by atoms with Gasteiger partial charge in [0.15, 0.2) is 0 Å². The van der Waals surface area contributed by atoms with Crippen LogP contribution in [-0.2, 0) is 4.79 Å². The lowest BCUT2D eigenvalue weighted by Crippen LogP contribution is -2.22. The van der Waals surface area contributed by atoms with Crippen LogP contribution in [0.1, 0.15) is 27.6 Å². The quantitative estimate of drug-likeness (QED) is 0.639. The van der Waals surface area contributed by atoms with E-state index in [0.29, 0.717) is 22.5 Å². The van der Waals surface area contributed by atoms with Gasteiger partial charge in [-0.2, -0.15) is 0 Å². The van der Waals surface area contributed by atoms with Gasteiger partial charge in [-0.05, 0) is 30.3 Å². The summed E-state index contributed by atoms with van der Waals surface area (Å²) >= 11 is 0. The van der Waals surface area contributed by atoms with E-state index >= 15 is 0 Å². The van der Waals surface area contributed by atoms with Crippen molar-refractivity contribution in [2.45, 2.75) is 6.92 Å². The maximum Gasteiger partial charge on any atom is 0.270 e. The van der Waals surface area contributed by atoms with E-state index in [1.165, 1.54) is 24.3 Å². The number of para-hydroxylation sites is 1. The molecule has 0 spiro atoms. The van der Waals surface area contributed by atoms with E-state index in [1.54, 1.807) is 48.5 Å². The summed E-state index contributed by atoms with van der Waals surface area (Å²) in [5, 5.41) is 12.5. The van der Waals surface area contributed by atoms with Gasteiger partial charge < -0.3 is 10.6 Å². The van der Waals surface area contributed by atoms with Crippen LogP contribution >= 0.6 is 0 Å². The van der Waals surface area contributed by atoms with E-state index < -0.39 is 5.91 Å². The van der Waals surface area contributed by atoms with Crippen molar-refractivity contribution in [1.82, 2.24) is 14.9 Å². The molecule has 9 nitrogen and oxygen atoms in total. The van der Waals surface area contributed by atoms with Crippen molar-refractivity contribution < 1.29 is 14.4 Å². The summed E-state index contributed by atoms with van der Waals surface area (Å²) in [5.74, 6) is -1.07. The molecule has 3 amide bonds. The lowest BCUT2D eigenvalue weighted by Gasteiger charge is -2.11. The molecule has 0 aliphatic carbocycles. The molecule has 136 valence electrons. The van der Waals surface area contributed by atoms with Crippen LogP contribution in [0.2, 0.25) is 0 Å². The van der Waals surface area contributed by atoms with E-state index in [4.69, 9.17) is 0 Å². The molecule has 0 radical (unpaired) electrons. The van der Waals surface area contributed by atoms with Gasteiger partial charge in [0.25, 0.3) is 11.8 Å². The number of hydrogen-bond acceptors (Lipinski definition) is 5. The molecule has 0 atom stereocenters. The number of carbonyl (C=O) groups excluding carboxylic acids is 3. The molecule has 0 saturated heterocycles. The Hall–Kier alpha value is -4.01. The monoisotopic (exact) mass is 364 g/mol. The van der Waals surface area contributed by atoms with E-state index in [-0.39, 0.29) is 11.8 Å². The van der Waals surface area contributed by atoms with E-state index in [9.17, 15) is 14.4 Å². The van der Waals surface area contributed by atoms with Crippen LogP contribution in [0.4, 0.5) is 11.4 Å². The Kier molecular flexibility index (Phi) is 5.22. The first-order valence-corrected chi connectivity index (χ1v) is 7.97. The molecular weight excluding hydrogens is 348 g/mol. The second-order valence-corrected chi connectivity index (χ2v) is 5.57. The number of anilines is 2. The highest BCUT2D eigenvalue weighted by molar-refractivity contribution is 6.10. The summed E-state index contributed by atoms with van der Waals surface area (Å²) in [6, 6.07) is 13.1. The predicted octanol–water partition coefficient (Wildman–Crippen LogP) is 1.87. The normalized spacial score (nSPS) is 10.1. The second-order valence-electron chi connectivity index (χ2n) is 5.57. The largest absolute Gasteiger partial charge is 0.326 e. The summed E-state index contributed by atoms with van der Waals surface area (Å²) in [6.45, 7) is 1.37. The summed E-state index contributed by atoms with van der Waals surface area (Å²) < 4.78 is 1.32. The Balaban J connectivity index is 1.75. The number of carbonyl (C=O) groups is 3. The maximum absolute atomic E-state index is 12.6. The van der Waals surface area contributed by atoms with Crippen LogP contribution in [0, 0.1) is 0 Å². The van der Waals surface area contributed by atoms with Crippen LogP contribution in [0.5, 0.6) is 0 Å². The molecule has 3 N–H and O–H groups in total. The van der Waals surface area contributed by atoms with Gasteiger partial charge in [0.05, 0.1) is 11.3 Å². The molecule has 0 aliphatic rings. The highest BCUT2D eigenvalue weighted by Gasteiger charge is 2.13. The fraction of sp³-hybridized carbons (Fsp3) is 0.0556. The molecule has 1 heterocycles. The minimum atomic E-state index is -0.407. The van der Waals surface area contributed by atoms with E-state index in [2.05, 4.69) is 26.3 Å². The third-order valence-corrected chi connectivity index (χ3v) is 3.51. The standard InChI is InChI=1S/C18H16N6O3/c1-12(25)21-16-8-3-2-7-15(16)18(27)22-14-6-4-5-13(9-14)17(26)23-24-10-19-20-11-24/h2-11H,1H3,(H,21,25)(H,22,27)(H,23,26). The first-order chi connectivity index (χ1) is 13.0. The average Bonchev–Trinajstić information content (AvgIpc) is 3.15. The van der Waals surface area contributed by atoms with Gasteiger partial charge in [-0.1, -0.05) is 18.2 Å². The lowest BCUT2D eigenvalue weighted by atomic mass is 10.1. The minimum absolute atomic E-state index is 0.275. The van der Waals surface area contributed by atoms with Gasteiger partial charge in [0.2, 0.25) is 5.91 Å². The number of benzene rings is 2. The zero-order valence-corrected chi connectivity index (χ0v) is 14.3. The molecule has 0 saturated carbocycles. The van der Waals surface area contributed by atoms with Gasteiger partial charge >= 0.3 is 0 Å². The molecule has 9 heteroatoms. The molecule has 0 bridgehead atoms. The van der Waals surface area contributed by atoms with Crippen molar-refractivity contribution in [3.05, 3.63) is 72.3 Å². The summed E-state index contributed by atoms with van der Waals surface area (Å²) in [7, 11) is 0. The van der Waals surface area contributed by atoms with Crippen LogP contribution in [0.3, 0.4) is 0 Å². The number of aromatic nitrogens is 3. The Labute approximate surface area is 154 Å². The van der Waals surface area contributed by atoms with Crippen molar-refractivity contribution in [2.75, 3.05) is 16.1 Å². The zero-order valence-electron chi connectivity index (χ0n) is 14.3. The number of rotatable bonds is 5. The first kappa shape index (κ1) is 17.8. The maximum atomic E-state index is 12.6. The van der Waals surface area contributed by atoms with E-state index in [0.717, 1.165) is 0 Å². The Morgan fingerprint density at radius 3 is 2.37 bits per heavy atom. The lowest BCUT2D eigenvalue weighted by molar-refractivity contribution is -0.114. The Bertz CT molecular complexity index is 984. The van der Waals surface area contributed by atoms with Crippen LogP contribution < -0.4 is 16.1 Å². The molecule has 0 unspecified atom stereocenters. The van der Waals surface area contributed by atoms with Crippen molar-refractivity contribution in [3.63, 3.8) is 0 Å². The van der Waals surface area contributed by atoms with Gasteiger partial charge in [-0.3, -0.25) is 19.8 Å². The molecule has 3 aromatic rings.